The fourth-order valence-electron chi connectivity index (χ4n) is 1.41. The van der Waals surface area contributed by atoms with Crippen LogP contribution < -0.4 is 16.4 Å². The molecule has 6 heteroatoms. The second-order valence-electron chi connectivity index (χ2n) is 5.28. The monoisotopic (exact) mass is 299 g/mol. The van der Waals surface area contributed by atoms with E-state index in [-0.39, 0.29) is 24.2 Å². The lowest BCUT2D eigenvalue weighted by atomic mass is 10.1. The second-order valence-corrected chi connectivity index (χ2v) is 5.28. The summed E-state index contributed by atoms with van der Waals surface area (Å²) in [6.07, 6.45) is 0. The Hall–Kier alpha value is -1.59. The van der Waals surface area contributed by atoms with E-state index in [0.29, 0.717) is 18.7 Å². The van der Waals surface area contributed by atoms with Gasteiger partial charge in [0.05, 0.1) is 0 Å². The summed E-state index contributed by atoms with van der Waals surface area (Å²) in [6, 6.07) is 7.10. The van der Waals surface area contributed by atoms with Crippen molar-refractivity contribution < 1.29 is 9.59 Å². The number of rotatable bonds is 5. The summed E-state index contributed by atoms with van der Waals surface area (Å²) in [7, 11) is 0. The average Bonchev–Trinajstić information content (AvgIpc) is 2.33. The number of amides is 2. The van der Waals surface area contributed by atoms with Gasteiger partial charge in [0.25, 0.3) is 5.91 Å². The van der Waals surface area contributed by atoms with Crippen LogP contribution in [-0.4, -0.2) is 23.9 Å². The summed E-state index contributed by atoms with van der Waals surface area (Å²) >= 11 is 0. The molecule has 0 atom stereocenters. The van der Waals surface area contributed by atoms with Gasteiger partial charge in [-0.25, -0.2) is 0 Å². The molecule has 0 aliphatic carbocycles. The van der Waals surface area contributed by atoms with Gasteiger partial charge in [-0.3, -0.25) is 9.59 Å². The van der Waals surface area contributed by atoms with Gasteiger partial charge < -0.3 is 16.4 Å². The Bertz CT molecular complexity index is 452. The lowest BCUT2D eigenvalue weighted by Gasteiger charge is -2.18. The maximum atomic E-state index is 11.8. The van der Waals surface area contributed by atoms with E-state index >= 15 is 0 Å². The number of nitrogens with one attached hydrogen (secondary N) is 2. The van der Waals surface area contributed by atoms with Crippen LogP contribution in [0.1, 0.15) is 36.7 Å². The van der Waals surface area contributed by atoms with E-state index in [1.165, 1.54) is 6.92 Å². The van der Waals surface area contributed by atoms with Crippen molar-refractivity contribution in [3.8, 4) is 0 Å². The van der Waals surface area contributed by atoms with Crippen LogP contribution in [0, 0.1) is 0 Å². The molecule has 1 aromatic carbocycles. The van der Waals surface area contributed by atoms with E-state index in [9.17, 15) is 9.59 Å². The van der Waals surface area contributed by atoms with Gasteiger partial charge in [0.1, 0.15) is 0 Å². The molecule has 1 rings (SSSR count). The molecule has 0 spiro atoms. The zero-order valence-corrected chi connectivity index (χ0v) is 12.8. The average molecular weight is 300 g/mol. The van der Waals surface area contributed by atoms with E-state index in [1.807, 2.05) is 26.0 Å². The molecule has 112 valence electrons. The Balaban J connectivity index is 0.00000361. The zero-order valence-electron chi connectivity index (χ0n) is 12.0. The van der Waals surface area contributed by atoms with Gasteiger partial charge in [-0.1, -0.05) is 12.1 Å². The normalized spacial score (nSPS) is 10.4. The van der Waals surface area contributed by atoms with Crippen LogP contribution in [-0.2, 0) is 11.3 Å². The molecule has 5 nitrogen and oxygen atoms in total. The highest BCUT2D eigenvalue weighted by atomic mass is 35.5. The van der Waals surface area contributed by atoms with Gasteiger partial charge in [-0.2, -0.15) is 0 Å². The number of benzene rings is 1. The van der Waals surface area contributed by atoms with E-state index in [1.54, 1.807) is 12.1 Å². The van der Waals surface area contributed by atoms with Crippen molar-refractivity contribution in [2.45, 2.75) is 32.9 Å². The maximum absolute atomic E-state index is 11.8. The second kappa shape index (κ2) is 7.87. The molecular formula is C14H22ClN3O2. The number of carbonyl (C=O) groups is 2. The molecular weight excluding hydrogens is 278 g/mol. The van der Waals surface area contributed by atoms with Crippen LogP contribution in [0.2, 0.25) is 0 Å². The van der Waals surface area contributed by atoms with Crippen molar-refractivity contribution in [1.82, 2.24) is 10.6 Å². The Morgan fingerprint density at radius 3 is 2.15 bits per heavy atom. The van der Waals surface area contributed by atoms with Crippen LogP contribution in [0.25, 0.3) is 0 Å². The molecule has 0 saturated heterocycles. The van der Waals surface area contributed by atoms with E-state index < -0.39 is 5.54 Å². The quantitative estimate of drug-likeness (QED) is 0.764. The van der Waals surface area contributed by atoms with Crippen molar-refractivity contribution in [1.29, 1.82) is 0 Å². The molecule has 0 heterocycles. The molecule has 0 unspecified atom stereocenters. The van der Waals surface area contributed by atoms with Crippen LogP contribution >= 0.6 is 12.4 Å². The van der Waals surface area contributed by atoms with Gasteiger partial charge >= 0.3 is 0 Å². The zero-order chi connectivity index (χ0) is 14.5. The molecule has 0 radical (unpaired) electrons. The van der Waals surface area contributed by atoms with Gasteiger partial charge in [0, 0.05) is 31.1 Å². The Kier molecular flexibility index (Phi) is 7.24. The fraction of sp³-hybridized carbons (Fsp3) is 0.429. The van der Waals surface area contributed by atoms with Gasteiger partial charge in [0.15, 0.2) is 0 Å². The third-order valence-electron chi connectivity index (χ3n) is 2.46. The Morgan fingerprint density at radius 2 is 1.70 bits per heavy atom. The smallest absolute Gasteiger partial charge is 0.251 e. The van der Waals surface area contributed by atoms with E-state index in [2.05, 4.69) is 10.6 Å². The summed E-state index contributed by atoms with van der Waals surface area (Å²) in [5.41, 5.74) is 6.90. The molecule has 0 fully saturated rings. The number of hydrogen-bond acceptors (Lipinski definition) is 3. The Labute approximate surface area is 125 Å². The molecule has 0 aliphatic rings. The summed E-state index contributed by atoms with van der Waals surface area (Å²) in [4.78, 5) is 22.6. The lowest BCUT2D eigenvalue weighted by Crippen LogP contribution is -2.45. The lowest BCUT2D eigenvalue weighted by molar-refractivity contribution is -0.119. The van der Waals surface area contributed by atoms with Crippen molar-refractivity contribution >= 4 is 24.2 Å². The van der Waals surface area contributed by atoms with Crippen LogP contribution in [0.4, 0.5) is 0 Å². The molecule has 0 aromatic heterocycles. The molecule has 1 aromatic rings. The number of hydrogen-bond donors (Lipinski definition) is 3. The Morgan fingerprint density at radius 1 is 1.15 bits per heavy atom. The number of carbonyl (C=O) groups excluding carboxylic acids is 2. The fourth-order valence-corrected chi connectivity index (χ4v) is 1.41. The number of halogens is 1. The van der Waals surface area contributed by atoms with Crippen LogP contribution in [0.3, 0.4) is 0 Å². The van der Waals surface area contributed by atoms with Gasteiger partial charge in [0.2, 0.25) is 5.91 Å². The first kappa shape index (κ1) is 18.4. The highest BCUT2D eigenvalue weighted by Crippen LogP contribution is 2.05. The van der Waals surface area contributed by atoms with Gasteiger partial charge in [-0.15, -0.1) is 12.4 Å². The summed E-state index contributed by atoms with van der Waals surface area (Å²) < 4.78 is 0. The summed E-state index contributed by atoms with van der Waals surface area (Å²) in [5.74, 6) is -0.225. The minimum Gasteiger partial charge on any atom is -0.352 e. The number of nitrogens with two attached hydrogens (primary N) is 1. The first-order valence-electron chi connectivity index (χ1n) is 6.18. The molecule has 4 N–H and O–H groups in total. The summed E-state index contributed by atoms with van der Waals surface area (Å²) in [6.45, 7) is 6.05. The highest BCUT2D eigenvalue weighted by molar-refractivity contribution is 5.94. The molecule has 0 saturated carbocycles. The standard InChI is InChI=1S/C14H21N3O2.ClH/c1-10(18)16-8-11-4-6-12(7-5-11)13(19)17-9-14(2,3)15;/h4-7H,8-9,15H2,1-3H3,(H,16,18)(H,17,19);1H. The third kappa shape index (κ3) is 7.11. The molecule has 20 heavy (non-hydrogen) atoms. The van der Waals surface area contributed by atoms with E-state index in [0.717, 1.165) is 5.56 Å². The van der Waals surface area contributed by atoms with E-state index in [4.69, 9.17) is 5.73 Å². The van der Waals surface area contributed by atoms with Crippen molar-refractivity contribution in [2.75, 3.05) is 6.54 Å². The molecule has 2 amide bonds. The topological polar surface area (TPSA) is 84.2 Å². The molecule has 0 bridgehead atoms. The SMILES string of the molecule is CC(=O)NCc1ccc(C(=O)NCC(C)(C)N)cc1.Cl. The summed E-state index contributed by atoms with van der Waals surface area (Å²) in [5, 5.41) is 5.47. The van der Waals surface area contributed by atoms with Crippen molar-refractivity contribution in [3.05, 3.63) is 35.4 Å². The van der Waals surface area contributed by atoms with Crippen LogP contribution in [0.15, 0.2) is 24.3 Å². The maximum Gasteiger partial charge on any atom is 0.251 e. The third-order valence-corrected chi connectivity index (χ3v) is 2.46. The van der Waals surface area contributed by atoms with Crippen LogP contribution in [0.5, 0.6) is 0 Å². The predicted molar refractivity (Wildman–Crippen MR) is 81.8 cm³/mol. The highest BCUT2D eigenvalue weighted by Gasteiger charge is 2.13. The predicted octanol–water partition coefficient (Wildman–Crippen LogP) is 1.21. The molecule has 0 aliphatic heterocycles. The van der Waals surface area contributed by atoms with Crippen molar-refractivity contribution in [2.24, 2.45) is 5.73 Å². The largest absolute Gasteiger partial charge is 0.352 e. The van der Waals surface area contributed by atoms with Gasteiger partial charge in [-0.05, 0) is 31.5 Å². The minimum atomic E-state index is -0.430. The minimum absolute atomic E-state index is 0. The first-order valence-corrected chi connectivity index (χ1v) is 6.18. The van der Waals surface area contributed by atoms with Crippen molar-refractivity contribution in [3.63, 3.8) is 0 Å². The first-order chi connectivity index (χ1) is 8.78.